The summed E-state index contributed by atoms with van der Waals surface area (Å²) in [6, 6.07) is 0.692. The number of rotatable bonds is 6. The molecule has 0 radical (unpaired) electrons. The topological polar surface area (TPSA) is 3.24 Å². The van der Waals surface area contributed by atoms with Gasteiger partial charge in [-0.05, 0) is 32.2 Å². The molecule has 0 aliphatic carbocycles. The Morgan fingerprint density at radius 1 is 0.933 bits per heavy atom. The van der Waals surface area contributed by atoms with Gasteiger partial charge in [0.2, 0.25) is 0 Å². The van der Waals surface area contributed by atoms with Gasteiger partial charge in [-0.2, -0.15) is 0 Å². The SMILES string of the molecule is CC.CCC(CN(CC)C(C)C)C(C)C. The zero-order chi connectivity index (χ0) is 12.4. The molecular formula is C14H33N. The fourth-order valence-electron chi connectivity index (χ4n) is 1.82. The van der Waals surface area contributed by atoms with Gasteiger partial charge in [0.05, 0.1) is 0 Å². The predicted molar refractivity (Wildman–Crippen MR) is 72.4 cm³/mol. The molecule has 0 aliphatic rings. The Morgan fingerprint density at radius 2 is 1.40 bits per heavy atom. The Morgan fingerprint density at radius 3 is 1.60 bits per heavy atom. The fraction of sp³-hybridized carbons (Fsp3) is 1.00. The lowest BCUT2D eigenvalue weighted by Crippen LogP contribution is -2.36. The van der Waals surface area contributed by atoms with Crippen molar-refractivity contribution in [3.05, 3.63) is 0 Å². The van der Waals surface area contributed by atoms with Crippen molar-refractivity contribution in [1.82, 2.24) is 4.90 Å². The molecule has 0 aliphatic heterocycles. The molecule has 15 heavy (non-hydrogen) atoms. The van der Waals surface area contributed by atoms with Gasteiger partial charge >= 0.3 is 0 Å². The average Bonchev–Trinajstić information content (AvgIpc) is 2.21. The average molecular weight is 215 g/mol. The summed E-state index contributed by atoms with van der Waals surface area (Å²) in [6.45, 7) is 20.3. The van der Waals surface area contributed by atoms with Gasteiger partial charge in [-0.3, -0.25) is 0 Å². The van der Waals surface area contributed by atoms with Gasteiger partial charge in [-0.1, -0.05) is 48.0 Å². The molecule has 0 aromatic rings. The first-order chi connectivity index (χ1) is 7.02. The lowest BCUT2D eigenvalue weighted by molar-refractivity contribution is 0.170. The summed E-state index contributed by atoms with van der Waals surface area (Å²) in [4.78, 5) is 2.56. The summed E-state index contributed by atoms with van der Waals surface area (Å²) in [5, 5.41) is 0. The summed E-state index contributed by atoms with van der Waals surface area (Å²) < 4.78 is 0. The number of hydrogen-bond donors (Lipinski definition) is 0. The van der Waals surface area contributed by atoms with E-state index in [4.69, 9.17) is 0 Å². The lowest BCUT2D eigenvalue weighted by atomic mass is 9.92. The van der Waals surface area contributed by atoms with Gasteiger partial charge in [0, 0.05) is 12.6 Å². The molecule has 0 amide bonds. The Hall–Kier alpha value is -0.0400. The van der Waals surface area contributed by atoms with Crippen molar-refractivity contribution in [3.63, 3.8) is 0 Å². The van der Waals surface area contributed by atoms with Crippen molar-refractivity contribution in [1.29, 1.82) is 0 Å². The summed E-state index contributed by atoms with van der Waals surface area (Å²) in [5.74, 6) is 1.68. The van der Waals surface area contributed by atoms with Crippen molar-refractivity contribution in [2.45, 2.75) is 67.9 Å². The van der Waals surface area contributed by atoms with Crippen LogP contribution in [-0.4, -0.2) is 24.0 Å². The zero-order valence-corrected chi connectivity index (χ0v) is 12.3. The van der Waals surface area contributed by atoms with Crippen LogP contribution in [-0.2, 0) is 0 Å². The van der Waals surface area contributed by atoms with Crippen molar-refractivity contribution in [2.24, 2.45) is 11.8 Å². The van der Waals surface area contributed by atoms with Crippen LogP contribution in [0.2, 0.25) is 0 Å². The maximum atomic E-state index is 2.56. The van der Waals surface area contributed by atoms with E-state index in [0.717, 1.165) is 11.8 Å². The monoisotopic (exact) mass is 215 g/mol. The van der Waals surface area contributed by atoms with Gasteiger partial charge in [0.15, 0.2) is 0 Å². The van der Waals surface area contributed by atoms with Crippen LogP contribution in [0, 0.1) is 11.8 Å². The molecule has 0 saturated carbocycles. The highest BCUT2D eigenvalue weighted by Gasteiger charge is 2.16. The first-order valence-corrected chi connectivity index (χ1v) is 6.76. The molecule has 94 valence electrons. The quantitative estimate of drug-likeness (QED) is 0.634. The Bertz CT molecular complexity index is 105. The standard InChI is InChI=1S/C12H27N.C2H6/c1-7-12(10(3)4)9-13(8-2)11(5)6;1-2/h10-12H,7-9H2,1-6H3;1-2H3. The van der Waals surface area contributed by atoms with Gasteiger partial charge in [0.1, 0.15) is 0 Å². The van der Waals surface area contributed by atoms with Gasteiger partial charge in [0.25, 0.3) is 0 Å². The smallest absolute Gasteiger partial charge is 0.00385 e. The largest absolute Gasteiger partial charge is 0.301 e. The molecule has 0 heterocycles. The Balaban J connectivity index is 0. The van der Waals surface area contributed by atoms with E-state index in [-0.39, 0.29) is 0 Å². The van der Waals surface area contributed by atoms with Crippen molar-refractivity contribution < 1.29 is 0 Å². The van der Waals surface area contributed by atoms with Gasteiger partial charge < -0.3 is 4.90 Å². The lowest BCUT2D eigenvalue weighted by Gasteiger charge is -2.31. The molecule has 0 spiro atoms. The first kappa shape index (κ1) is 17.4. The summed E-state index contributed by atoms with van der Waals surface area (Å²) in [5.41, 5.74) is 0. The Labute approximate surface area is 98.2 Å². The molecule has 0 fully saturated rings. The second-order valence-electron chi connectivity index (χ2n) is 4.59. The molecule has 0 saturated heterocycles. The van der Waals surface area contributed by atoms with Crippen molar-refractivity contribution in [2.75, 3.05) is 13.1 Å². The van der Waals surface area contributed by atoms with E-state index in [9.17, 15) is 0 Å². The van der Waals surface area contributed by atoms with Crippen LogP contribution < -0.4 is 0 Å². The van der Waals surface area contributed by atoms with Crippen LogP contribution in [0.3, 0.4) is 0 Å². The molecule has 0 bridgehead atoms. The highest BCUT2D eigenvalue weighted by atomic mass is 15.1. The fourth-order valence-corrected chi connectivity index (χ4v) is 1.82. The molecule has 0 N–H and O–H groups in total. The molecule has 0 rings (SSSR count). The summed E-state index contributed by atoms with van der Waals surface area (Å²) in [6.07, 6.45) is 1.31. The van der Waals surface area contributed by atoms with Crippen LogP contribution in [0.15, 0.2) is 0 Å². The van der Waals surface area contributed by atoms with Crippen LogP contribution in [0.5, 0.6) is 0 Å². The van der Waals surface area contributed by atoms with Crippen LogP contribution in [0.1, 0.15) is 61.8 Å². The highest BCUT2D eigenvalue weighted by molar-refractivity contribution is 4.69. The van der Waals surface area contributed by atoms with Gasteiger partial charge in [-0.15, -0.1) is 0 Å². The minimum Gasteiger partial charge on any atom is -0.301 e. The van der Waals surface area contributed by atoms with Crippen LogP contribution in [0.25, 0.3) is 0 Å². The molecule has 0 aromatic heterocycles. The number of nitrogens with zero attached hydrogens (tertiary/aromatic N) is 1. The van der Waals surface area contributed by atoms with E-state index in [0.29, 0.717) is 6.04 Å². The molecule has 1 unspecified atom stereocenters. The van der Waals surface area contributed by atoms with Crippen molar-refractivity contribution >= 4 is 0 Å². The molecule has 0 aromatic carbocycles. The van der Waals surface area contributed by atoms with E-state index < -0.39 is 0 Å². The van der Waals surface area contributed by atoms with Crippen molar-refractivity contribution in [3.8, 4) is 0 Å². The molecule has 1 heteroatoms. The highest BCUT2D eigenvalue weighted by Crippen LogP contribution is 2.17. The van der Waals surface area contributed by atoms with Crippen LogP contribution in [0.4, 0.5) is 0 Å². The second-order valence-corrected chi connectivity index (χ2v) is 4.59. The van der Waals surface area contributed by atoms with Gasteiger partial charge in [-0.25, -0.2) is 0 Å². The Kier molecular flexibility index (Phi) is 12.1. The molecular weight excluding hydrogens is 182 g/mol. The normalized spacial score (nSPS) is 13.0. The number of hydrogen-bond acceptors (Lipinski definition) is 1. The van der Waals surface area contributed by atoms with E-state index in [1.807, 2.05) is 13.8 Å². The predicted octanol–water partition coefficient (Wildman–Crippen LogP) is 4.43. The zero-order valence-electron chi connectivity index (χ0n) is 12.3. The third kappa shape index (κ3) is 7.84. The third-order valence-electron chi connectivity index (χ3n) is 3.07. The third-order valence-corrected chi connectivity index (χ3v) is 3.07. The molecule has 1 atom stereocenters. The van der Waals surface area contributed by atoms with E-state index >= 15 is 0 Å². The van der Waals surface area contributed by atoms with E-state index in [1.54, 1.807) is 0 Å². The maximum Gasteiger partial charge on any atom is 0.00385 e. The first-order valence-electron chi connectivity index (χ1n) is 6.76. The summed E-state index contributed by atoms with van der Waals surface area (Å²) in [7, 11) is 0. The molecule has 1 nitrogen and oxygen atoms in total. The van der Waals surface area contributed by atoms with Crippen LogP contribution >= 0.6 is 0 Å². The summed E-state index contributed by atoms with van der Waals surface area (Å²) >= 11 is 0. The van der Waals surface area contributed by atoms with E-state index in [1.165, 1.54) is 19.5 Å². The minimum atomic E-state index is 0.692. The minimum absolute atomic E-state index is 0.692. The van der Waals surface area contributed by atoms with E-state index in [2.05, 4.69) is 46.4 Å². The second kappa shape index (κ2) is 10.5. The maximum absolute atomic E-state index is 2.56.